The van der Waals surface area contributed by atoms with Gasteiger partial charge in [-0.3, -0.25) is 0 Å². The minimum absolute atomic E-state index is 0.207. The normalized spacial score (nSPS) is 10.1. The summed E-state index contributed by atoms with van der Waals surface area (Å²) >= 11 is 1.10. The average molecular weight is 236 g/mol. The van der Waals surface area contributed by atoms with E-state index in [1.165, 1.54) is 12.5 Å². The number of anilines is 2. The first-order valence-corrected chi connectivity index (χ1v) is 5.18. The fourth-order valence-corrected chi connectivity index (χ4v) is 1.83. The highest BCUT2D eigenvalue weighted by molar-refractivity contribution is 7.17. The van der Waals surface area contributed by atoms with Gasteiger partial charge in [-0.1, -0.05) is 11.3 Å². The van der Waals surface area contributed by atoms with Gasteiger partial charge in [0, 0.05) is 7.05 Å². The Bertz CT molecular complexity index is 499. The number of nitrogens with zero attached hydrogens (tertiary/aromatic N) is 4. The highest BCUT2D eigenvalue weighted by Gasteiger charge is 2.12. The second-order valence-corrected chi connectivity index (χ2v) is 3.98. The highest BCUT2D eigenvalue weighted by Crippen LogP contribution is 2.26. The summed E-state index contributed by atoms with van der Waals surface area (Å²) in [4.78, 5) is 24.4. The molecule has 2 rings (SSSR count). The van der Waals surface area contributed by atoms with Crippen molar-refractivity contribution in [3.8, 4) is 0 Å². The third-order valence-corrected chi connectivity index (χ3v) is 2.99. The summed E-state index contributed by atoms with van der Waals surface area (Å²) < 4.78 is 0. The monoisotopic (exact) mass is 236 g/mol. The Hall–Kier alpha value is -2.02. The van der Waals surface area contributed by atoms with Crippen LogP contribution >= 0.6 is 11.3 Å². The van der Waals surface area contributed by atoms with E-state index in [4.69, 9.17) is 5.11 Å². The van der Waals surface area contributed by atoms with E-state index < -0.39 is 5.97 Å². The fraction of sp³-hybridized carbons (Fsp3) is 0.111. The molecule has 0 aliphatic heterocycles. The molecule has 0 fully saturated rings. The molecule has 0 spiro atoms. The molecule has 0 unspecified atom stereocenters. The third kappa shape index (κ3) is 1.98. The summed E-state index contributed by atoms with van der Waals surface area (Å²) in [5, 5.41) is 9.37. The Morgan fingerprint density at radius 2 is 2.06 bits per heavy atom. The van der Waals surface area contributed by atoms with Crippen LogP contribution < -0.4 is 4.90 Å². The van der Waals surface area contributed by atoms with E-state index in [0.29, 0.717) is 5.13 Å². The number of hydrogen-bond donors (Lipinski definition) is 1. The van der Waals surface area contributed by atoms with Gasteiger partial charge in [0.05, 0.1) is 24.3 Å². The Balaban J connectivity index is 2.27. The number of carbonyl (C=O) groups is 1. The molecule has 2 aromatic rings. The maximum absolute atomic E-state index is 10.7. The van der Waals surface area contributed by atoms with E-state index in [2.05, 4.69) is 15.0 Å². The summed E-state index contributed by atoms with van der Waals surface area (Å²) in [6, 6.07) is 0. The van der Waals surface area contributed by atoms with E-state index in [-0.39, 0.29) is 4.88 Å². The first kappa shape index (κ1) is 10.5. The zero-order valence-electron chi connectivity index (χ0n) is 8.36. The Labute approximate surface area is 95.2 Å². The van der Waals surface area contributed by atoms with Gasteiger partial charge in [0.15, 0.2) is 5.13 Å². The van der Waals surface area contributed by atoms with Crippen molar-refractivity contribution in [1.82, 2.24) is 15.0 Å². The summed E-state index contributed by atoms with van der Waals surface area (Å²) in [6.07, 6.45) is 6.04. The van der Waals surface area contributed by atoms with E-state index >= 15 is 0 Å². The molecule has 7 heteroatoms. The standard InChI is InChI=1S/C9H8N4O2S/c1-13(6-2-10-5-11-3-6)9-12-4-7(16-9)8(14)15/h2-5H,1H3,(H,14,15). The van der Waals surface area contributed by atoms with Crippen LogP contribution in [0.15, 0.2) is 24.9 Å². The smallest absolute Gasteiger partial charge is 0.347 e. The van der Waals surface area contributed by atoms with Crippen LogP contribution in [-0.2, 0) is 0 Å². The van der Waals surface area contributed by atoms with E-state index in [1.807, 2.05) is 0 Å². The van der Waals surface area contributed by atoms with Crippen LogP contribution in [0.4, 0.5) is 10.8 Å². The van der Waals surface area contributed by atoms with Crippen molar-refractivity contribution >= 4 is 28.1 Å². The van der Waals surface area contributed by atoms with Crippen molar-refractivity contribution in [2.75, 3.05) is 11.9 Å². The summed E-state index contributed by atoms with van der Waals surface area (Å²) in [7, 11) is 1.78. The average Bonchev–Trinajstić information content (AvgIpc) is 2.78. The molecule has 0 saturated carbocycles. The maximum atomic E-state index is 10.7. The van der Waals surface area contributed by atoms with E-state index in [1.54, 1.807) is 24.3 Å². The summed E-state index contributed by atoms with van der Waals surface area (Å²) in [5.41, 5.74) is 0.758. The lowest BCUT2D eigenvalue weighted by Gasteiger charge is -2.13. The van der Waals surface area contributed by atoms with Crippen molar-refractivity contribution < 1.29 is 9.90 Å². The number of thiazole rings is 1. The van der Waals surface area contributed by atoms with Gasteiger partial charge in [-0.2, -0.15) is 0 Å². The lowest BCUT2D eigenvalue weighted by Crippen LogP contribution is -2.09. The lowest BCUT2D eigenvalue weighted by atomic mass is 10.5. The van der Waals surface area contributed by atoms with Crippen molar-refractivity contribution in [3.63, 3.8) is 0 Å². The second-order valence-electron chi connectivity index (χ2n) is 2.97. The quantitative estimate of drug-likeness (QED) is 0.867. The molecule has 0 aliphatic rings. The molecule has 0 atom stereocenters. The minimum Gasteiger partial charge on any atom is -0.477 e. The molecule has 0 saturated heterocycles. The van der Waals surface area contributed by atoms with Crippen LogP contribution in [0.2, 0.25) is 0 Å². The van der Waals surface area contributed by atoms with Crippen LogP contribution in [0.5, 0.6) is 0 Å². The molecule has 16 heavy (non-hydrogen) atoms. The second kappa shape index (κ2) is 4.23. The largest absolute Gasteiger partial charge is 0.477 e. The zero-order chi connectivity index (χ0) is 11.5. The van der Waals surface area contributed by atoms with Gasteiger partial charge in [0.2, 0.25) is 0 Å². The van der Waals surface area contributed by atoms with Gasteiger partial charge in [-0.05, 0) is 0 Å². The van der Waals surface area contributed by atoms with Gasteiger partial charge < -0.3 is 10.0 Å². The predicted molar refractivity (Wildman–Crippen MR) is 59.2 cm³/mol. The molecular weight excluding hydrogens is 228 g/mol. The number of hydrogen-bond acceptors (Lipinski definition) is 6. The zero-order valence-corrected chi connectivity index (χ0v) is 9.18. The molecule has 0 amide bonds. The van der Waals surface area contributed by atoms with Gasteiger partial charge >= 0.3 is 5.97 Å². The van der Waals surface area contributed by atoms with Crippen LogP contribution in [0.1, 0.15) is 9.67 Å². The van der Waals surface area contributed by atoms with Crippen molar-refractivity contribution in [2.45, 2.75) is 0 Å². The molecule has 0 bridgehead atoms. The van der Waals surface area contributed by atoms with Gasteiger partial charge in [0.25, 0.3) is 0 Å². The number of carboxylic acids is 1. The van der Waals surface area contributed by atoms with Gasteiger partial charge in [0.1, 0.15) is 11.2 Å². The number of rotatable bonds is 3. The molecule has 0 aliphatic carbocycles. The van der Waals surface area contributed by atoms with Gasteiger partial charge in [-0.25, -0.2) is 19.7 Å². The minimum atomic E-state index is -0.971. The van der Waals surface area contributed by atoms with Crippen LogP contribution in [-0.4, -0.2) is 33.1 Å². The Morgan fingerprint density at radius 1 is 1.38 bits per heavy atom. The van der Waals surface area contributed by atoms with Crippen molar-refractivity contribution in [2.24, 2.45) is 0 Å². The topological polar surface area (TPSA) is 79.2 Å². The molecule has 0 radical (unpaired) electrons. The molecule has 2 aromatic heterocycles. The van der Waals surface area contributed by atoms with E-state index in [9.17, 15) is 4.79 Å². The fourth-order valence-electron chi connectivity index (χ4n) is 1.09. The molecule has 6 nitrogen and oxygen atoms in total. The molecule has 0 aromatic carbocycles. The summed E-state index contributed by atoms with van der Waals surface area (Å²) in [5.74, 6) is -0.971. The number of aromatic carboxylic acids is 1. The molecule has 1 N–H and O–H groups in total. The Morgan fingerprint density at radius 3 is 2.62 bits per heavy atom. The number of aromatic nitrogens is 3. The SMILES string of the molecule is CN(c1cncnc1)c1ncc(C(=O)O)s1. The molecule has 2 heterocycles. The first-order chi connectivity index (χ1) is 7.68. The third-order valence-electron chi connectivity index (χ3n) is 1.93. The first-order valence-electron chi connectivity index (χ1n) is 4.36. The van der Waals surface area contributed by atoms with E-state index in [0.717, 1.165) is 17.0 Å². The Kier molecular flexibility index (Phi) is 2.78. The summed E-state index contributed by atoms with van der Waals surface area (Å²) in [6.45, 7) is 0. The number of carboxylic acid groups (broad SMARTS) is 1. The van der Waals surface area contributed by atoms with Crippen LogP contribution in [0, 0.1) is 0 Å². The maximum Gasteiger partial charge on any atom is 0.347 e. The van der Waals surface area contributed by atoms with Crippen molar-refractivity contribution in [3.05, 3.63) is 29.8 Å². The highest BCUT2D eigenvalue weighted by atomic mass is 32.1. The van der Waals surface area contributed by atoms with Crippen LogP contribution in [0.25, 0.3) is 0 Å². The van der Waals surface area contributed by atoms with Crippen molar-refractivity contribution in [1.29, 1.82) is 0 Å². The lowest BCUT2D eigenvalue weighted by molar-refractivity contribution is 0.0702. The molecular formula is C9H8N4O2S. The predicted octanol–water partition coefficient (Wildman–Crippen LogP) is 1.40. The molecule has 82 valence electrons. The van der Waals surface area contributed by atoms with Gasteiger partial charge in [-0.15, -0.1) is 0 Å². The van der Waals surface area contributed by atoms with Crippen LogP contribution in [0.3, 0.4) is 0 Å².